The highest BCUT2D eigenvalue weighted by Crippen LogP contribution is 2.12. The van der Waals surface area contributed by atoms with Gasteiger partial charge in [-0.05, 0) is 25.5 Å². The molecular weight excluding hydrogens is 188 g/mol. The van der Waals surface area contributed by atoms with Gasteiger partial charge in [0.25, 0.3) is 0 Å². The van der Waals surface area contributed by atoms with Crippen LogP contribution in [0.4, 0.5) is 0 Å². The number of nitrogens with zero attached hydrogens (tertiary/aromatic N) is 1. The highest BCUT2D eigenvalue weighted by Gasteiger charge is 2.09. The highest BCUT2D eigenvalue weighted by molar-refractivity contribution is 5.77. The molecule has 84 valence electrons. The molecule has 0 bridgehead atoms. The lowest BCUT2D eigenvalue weighted by molar-refractivity contribution is -0.124. The van der Waals surface area contributed by atoms with E-state index in [1.807, 2.05) is 20.9 Å². The predicted octanol–water partition coefficient (Wildman–Crippen LogP) is 1.91. The Morgan fingerprint density at radius 2 is 2.07 bits per heavy atom. The zero-order chi connectivity index (χ0) is 11.6. The Hall–Kier alpha value is -1.25. The number of carbonyl (C=O) groups is 1. The molecule has 1 rings (SSSR count). The third-order valence-corrected chi connectivity index (χ3v) is 2.86. The van der Waals surface area contributed by atoms with Crippen molar-refractivity contribution in [2.24, 2.45) is 13.0 Å². The van der Waals surface area contributed by atoms with E-state index in [1.165, 1.54) is 17.0 Å². The Morgan fingerprint density at radius 1 is 1.47 bits per heavy atom. The van der Waals surface area contributed by atoms with Crippen molar-refractivity contribution in [2.75, 3.05) is 0 Å². The monoisotopic (exact) mass is 208 g/mol. The van der Waals surface area contributed by atoms with Crippen LogP contribution in [0.1, 0.15) is 30.8 Å². The number of hydrogen-bond acceptors (Lipinski definition) is 1. The van der Waals surface area contributed by atoms with E-state index in [9.17, 15) is 4.79 Å². The normalized spacial score (nSPS) is 10.8. The minimum Gasteiger partial charge on any atom is -0.352 e. The summed E-state index contributed by atoms with van der Waals surface area (Å²) in [5, 5.41) is 2.93. The molecule has 0 atom stereocenters. The average molecular weight is 208 g/mol. The van der Waals surface area contributed by atoms with Crippen molar-refractivity contribution in [3.63, 3.8) is 0 Å². The van der Waals surface area contributed by atoms with Gasteiger partial charge < -0.3 is 9.88 Å². The van der Waals surface area contributed by atoms with E-state index in [0.29, 0.717) is 6.54 Å². The fraction of sp³-hybridized carbons (Fsp3) is 0.583. The zero-order valence-corrected chi connectivity index (χ0v) is 10.2. The molecule has 3 heteroatoms. The summed E-state index contributed by atoms with van der Waals surface area (Å²) in [6, 6.07) is 2.12. The minimum absolute atomic E-state index is 0.0510. The summed E-state index contributed by atoms with van der Waals surface area (Å²) >= 11 is 0. The van der Waals surface area contributed by atoms with Gasteiger partial charge in [0, 0.05) is 30.9 Å². The van der Waals surface area contributed by atoms with E-state index < -0.39 is 0 Å². The molecule has 0 fully saturated rings. The summed E-state index contributed by atoms with van der Waals surface area (Å²) in [6.45, 7) is 8.58. The van der Waals surface area contributed by atoms with Gasteiger partial charge in [0.2, 0.25) is 5.91 Å². The number of carbonyl (C=O) groups excluding carboxylic acids is 1. The number of hydrogen-bond donors (Lipinski definition) is 1. The van der Waals surface area contributed by atoms with Crippen LogP contribution in [0, 0.1) is 19.8 Å². The molecule has 1 aromatic heterocycles. The number of nitrogens with one attached hydrogen (secondary N) is 1. The standard InChI is InChI=1S/C12H20N2O/c1-8(2)12(15)13-7-11-6-9(3)14(5)10(11)4/h6,8H,7H2,1-5H3,(H,13,15). The van der Waals surface area contributed by atoms with Gasteiger partial charge in [-0.2, -0.15) is 0 Å². The summed E-state index contributed by atoms with van der Waals surface area (Å²) in [4.78, 5) is 11.4. The van der Waals surface area contributed by atoms with Gasteiger partial charge >= 0.3 is 0 Å². The summed E-state index contributed by atoms with van der Waals surface area (Å²) < 4.78 is 2.14. The van der Waals surface area contributed by atoms with Crippen LogP contribution < -0.4 is 5.32 Å². The van der Waals surface area contributed by atoms with Crippen molar-refractivity contribution in [1.82, 2.24) is 9.88 Å². The number of rotatable bonds is 3. The van der Waals surface area contributed by atoms with Crippen LogP contribution in [0.15, 0.2) is 6.07 Å². The Labute approximate surface area is 91.5 Å². The second-order valence-electron chi connectivity index (χ2n) is 4.33. The van der Waals surface area contributed by atoms with E-state index in [0.717, 1.165) is 0 Å². The minimum atomic E-state index is 0.0510. The predicted molar refractivity (Wildman–Crippen MR) is 61.6 cm³/mol. The van der Waals surface area contributed by atoms with E-state index >= 15 is 0 Å². The molecule has 0 aliphatic heterocycles. The van der Waals surface area contributed by atoms with Crippen molar-refractivity contribution in [1.29, 1.82) is 0 Å². The van der Waals surface area contributed by atoms with Crippen LogP contribution in [0.5, 0.6) is 0 Å². The van der Waals surface area contributed by atoms with Crippen molar-refractivity contribution in [2.45, 2.75) is 34.2 Å². The average Bonchev–Trinajstić information content (AvgIpc) is 2.42. The third kappa shape index (κ3) is 2.61. The zero-order valence-electron chi connectivity index (χ0n) is 10.2. The van der Waals surface area contributed by atoms with Gasteiger partial charge in [0.1, 0.15) is 0 Å². The molecule has 0 aliphatic rings. The Balaban J connectivity index is 2.66. The number of aryl methyl sites for hydroxylation is 1. The molecule has 0 saturated heterocycles. The van der Waals surface area contributed by atoms with Crippen molar-refractivity contribution >= 4 is 5.91 Å². The van der Waals surface area contributed by atoms with E-state index in [2.05, 4.69) is 29.8 Å². The van der Waals surface area contributed by atoms with Crippen LogP contribution in [0.2, 0.25) is 0 Å². The summed E-state index contributed by atoms with van der Waals surface area (Å²) in [6.07, 6.45) is 0. The Morgan fingerprint density at radius 3 is 2.47 bits per heavy atom. The van der Waals surface area contributed by atoms with Crippen LogP contribution >= 0.6 is 0 Å². The molecule has 1 heterocycles. The molecule has 1 aromatic rings. The summed E-state index contributed by atoms with van der Waals surface area (Å²) in [7, 11) is 2.04. The lowest BCUT2D eigenvalue weighted by Crippen LogP contribution is -2.27. The molecule has 0 spiro atoms. The Bertz CT molecular complexity index is 364. The molecule has 0 saturated carbocycles. The molecule has 0 unspecified atom stereocenters. The third-order valence-electron chi connectivity index (χ3n) is 2.86. The maximum atomic E-state index is 11.4. The lowest BCUT2D eigenvalue weighted by atomic mass is 10.2. The largest absolute Gasteiger partial charge is 0.352 e. The van der Waals surface area contributed by atoms with Gasteiger partial charge in [-0.25, -0.2) is 0 Å². The molecule has 1 amide bonds. The second kappa shape index (κ2) is 4.51. The quantitative estimate of drug-likeness (QED) is 0.809. The van der Waals surface area contributed by atoms with Crippen molar-refractivity contribution in [3.8, 4) is 0 Å². The topological polar surface area (TPSA) is 34.0 Å². The second-order valence-corrected chi connectivity index (χ2v) is 4.33. The van der Waals surface area contributed by atoms with Crippen LogP contribution in [0.3, 0.4) is 0 Å². The van der Waals surface area contributed by atoms with Crippen LogP contribution in [-0.4, -0.2) is 10.5 Å². The maximum absolute atomic E-state index is 11.4. The molecule has 3 nitrogen and oxygen atoms in total. The summed E-state index contributed by atoms with van der Waals surface area (Å²) in [5.41, 5.74) is 3.64. The van der Waals surface area contributed by atoms with Gasteiger partial charge in [-0.15, -0.1) is 0 Å². The number of amides is 1. The van der Waals surface area contributed by atoms with E-state index in [-0.39, 0.29) is 11.8 Å². The molecular formula is C12H20N2O. The molecule has 0 radical (unpaired) electrons. The molecule has 0 aliphatic carbocycles. The first-order valence-corrected chi connectivity index (χ1v) is 5.33. The first kappa shape index (κ1) is 11.8. The highest BCUT2D eigenvalue weighted by atomic mass is 16.1. The SMILES string of the molecule is Cc1cc(CNC(=O)C(C)C)c(C)n1C. The first-order chi connectivity index (χ1) is 6.93. The van der Waals surface area contributed by atoms with Crippen molar-refractivity contribution < 1.29 is 4.79 Å². The maximum Gasteiger partial charge on any atom is 0.222 e. The summed E-state index contributed by atoms with van der Waals surface area (Å²) in [5.74, 6) is 0.158. The molecule has 15 heavy (non-hydrogen) atoms. The van der Waals surface area contributed by atoms with Crippen LogP contribution in [-0.2, 0) is 18.4 Å². The molecule has 1 N–H and O–H groups in total. The first-order valence-electron chi connectivity index (χ1n) is 5.33. The van der Waals surface area contributed by atoms with E-state index in [4.69, 9.17) is 0 Å². The van der Waals surface area contributed by atoms with Crippen molar-refractivity contribution in [3.05, 3.63) is 23.0 Å². The van der Waals surface area contributed by atoms with Gasteiger partial charge in [0.05, 0.1) is 0 Å². The Kier molecular flexibility index (Phi) is 3.56. The van der Waals surface area contributed by atoms with Gasteiger partial charge in [0.15, 0.2) is 0 Å². The molecule has 0 aromatic carbocycles. The van der Waals surface area contributed by atoms with E-state index in [1.54, 1.807) is 0 Å². The van der Waals surface area contributed by atoms with Gasteiger partial charge in [-0.1, -0.05) is 13.8 Å². The number of aromatic nitrogens is 1. The van der Waals surface area contributed by atoms with Gasteiger partial charge in [-0.3, -0.25) is 4.79 Å². The fourth-order valence-corrected chi connectivity index (χ4v) is 1.50. The lowest BCUT2D eigenvalue weighted by Gasteiger charge is -2.07. The van der Waals surface area contributed by atoms with Crippen LogP contribution in [0.25, 0.3) is 0 Å². The smallest absolute Gasteiger partial charge is 0.222 e. The fourth-order valence-electron chi connectivity index (χ4n) is 1.50.